The van der Waals surface area contributed by atoms with Crippen LogP contribution >= 0.6 is 0 Å². The van der Waals surface area contributed by atoms with Crippen LogP contribution in [0.25, 0.3) is 0 Å². The van der Waals surface area contributed by atoms with Gasteiger partial charge in [-0.2, -0.15) is 4.31 Å². The van der Waals surface area contributed by atoms with Crippen molar-refractivity contribution in [1.82, 2.24) is 19.5 Å². The molecule has 4 rings (SSSR count). The molecule has 8 nitrogen and oxygen atoms in total. The second-order valence-corrected chi connectivity index (χ2v) is 10.4. The molecule has 2 fully saturated rings. The minimum absolute atomic E-state index is 0.00413. The number of carbonyl (C=O) groups excluding carboxylic acids is 2. The smallest absolute Gasteiger partial charge is 0.253 e. The maximum Gasteiger partial charge on any atom is 0.253 e. The number of nitrogens with one attached hydrogen (secondary N) is 1. The molecule has 0 saturated carbocycles. The molecule has 0 unspecified atom stereocenters. The van der Waals surface area contributed by atoms with E-state index < -0.39 is 15.8 Å². The van der Waals surface area contributed by atoms with Crippen LogP contribution in [0.5, 0.6) is 0 Å². The number of hydrogen-bond donors (Lipinski definition) is 1. The van der Waals surface area contributed by atoms with Crippen molar-refractivity contribution in [2.75, 3.05) is 26.2 Å². The average molecular weight is 475 g/mol. The molecule has 33 heavy (non-hydrogen) atoms. The third-order valence-electron chi connectivity index (χ3n) is 6.32. The first kappa shape index (κ1) is 23.3. The summed E-state index contributed by atoms with van der Waals surface area (Å²) in [6.07, 6.45) is 5.40. The summed E-state index contributed by atoms with van der Waals surface area (Å²) in [5.41, 5.74) is 0.512. The maximum absolute atomic E-state index is 13.1. The van der Waals surface area contributed by atoms with Gasteiger partial charge in [-0.1, -0.05) is 0 Å². The normalized spacial score (nSPS) is 18.8. The maximum atomic E-state index is 13.1. The second kappa shape index (κ2) is 9.96. The molecule has 2 aliphatic heterocycles. The summed E-state index contributed by atoms with van der Waals surface area (Å²) >= 11 is 0. The Morgan fingerprint density at radius 2 is 1.64 bits per heavy atom. The number of aromatic nitrogens is 1. The van der Waals surface area contributed by atoms with E-state index in [2.05, 4.69) is 10.3 Å². The number of sulfonamides is 1. The Kier molecular flexibility index (Phi) is 7.04. The topological polar surface area (TPSA) is 99.7 Å². The first-order valence-electron chi connectivity index (χ1n) is 11.1. The standard InChI is InChI=1S/C23H27FN4O4S/c24-19-3-5-21(6-4-19)33(31,32)28-14-7-17(8-15-28)23(30)27-12-9-20(10-13-27)26-22(29)18-2-1-11-25-16-18/h1-6,11,16-17,20H,7-10,12-15H2,(H,26,29). The number of nitrogens with zero attached hydrogens (tertiary/aromatic N) is 3. The minimum atomic E-state index is -3.70. The van der Waals surface area contributed by atoms with E-state index in [1.807, 2.05) is 4.90 Å². The van der Waals surface area contributed by atoms with Crippen molar-refractivity contribution in [2.24, 2.45) is 5.92 Å². The lowest BCUT2D eigenvalue weighted by Gasteiger charge is -2.37. The highest BCUT2D eigenvalue weighted by Crippen LogP contribution is 2.26. The lowest BCUT2D eigenvalue weighted by molar-refractivity contribution is -0.137. The highest BCUT2D eigenvalue weighted by molar-refractivity contribution is 7.89. The number of carbonyl (C=O) groups is 2. The van der Waals surface area contributed by atoms with E-state index in [0.717, 1.165) is 12.1 Å². The van der Waals surface area contributed by atoms with Crippen LogP contribution in [-0.2, 0) is 14.8 Å². The van der Waals surface area contributed by atoms with Gasteiger partial charge in [-0.05, 0) is 62.1 Å². The number of likely N-dealkylation sites (tertiary alicyclic amines) is 1. The first-order chi connectivity index (χ1) is 15.8. The highest BCUT2D eigenvalue weighted by atomic mass is 32.2. The van der Waals surface area contributed by atoms with Gasteiger partial charge in [-0.25, -0.2) is 12.8 Å². The number of halogens is 1. The first-order valence-corrected chi connectivity index (χ1v) is 12.5. The number of hydrogen-bond acceptors (Lipinski definition) is 5. The molecule has 0 aliphatic carbocycles. The molecule has 176 valence electrons. The Bertz CT molecular complexity index is 1080. The number of rotatable bonds is 5. The van der Waals surface area contributed by atoms with Gasteiger partial charge in [-0.3, -0.25) is 14.6 Å². The molecule has 2 amide bonds. The predicted molar refractivity (Wildman–Crippen MR) is 119 cm³/mol. The summed E-state index contributed by atoms with van der Waals surface area (Å²) in [7, 11) is -3.70. The summed E-state index contributed by atoms with van der Waals surface area (Å²) < 4.78 is 40.0. The van der Waals surface area contributed by atoms with Crippen LogP contribution in [-0.4, -0.2) is 66.6 Å². The van der Waals surface area contributed by atoms with Gasteiger partial charge in [0, 0.05) is 50.5 Å². The number of amides is 2. The third kappa shape index (κ3) is 5.39. The van der Waals surface area contributed by atoms with Crippen molar-refractivity contribution in [3.8, 4) is 0 Å². The fourth-order valence-corrected chi connectivity index (χ4v) is 5.84. The van der Waals surface area contributed by atoms with E-state index in [-0.39, 0.29) is 41.8 Å². The summed E-state index contributed by atoms with van der Waals surface area (Å²) in [6, 6.07) is 8.22. The molecule has 1 N–H and O–H groups in total. The Morgan fingerprint density at radius 1 is 0.970 bits per heavy atom. The van der Waals surface area contributed by atoms with E-state index in [1.165, 1.54) is 22.6 Å². The molecule has 0 spiro atoms. The lowest BCUT2D eigenvalue weighted by atomic mass is 9.95. The van der Waals surface area contributed by atoms with Crippen molar-refractivity contribution >= 4 is 21.8 Å². The van der Waals surface area contributed by atoms with Crippen LogP contribution in [0.15, 0.2) is 53.7 Å². The van der Waals surface area contributed by atoms with Gasteiger partial charge in [0.05, 0.1) is 10.5 Å². The SMILES string of the molecule is O=C(NC1CCN(C(=O)C2CCN(S(=O)(=O)c3ccc(F)cc3)CC2)CC1)c1cccnc1. The van der Waals surface area contributed by atoms with Gasteiger partial charge in [0.1, 0.15) is 5.82 Å². The zero-order valence-electron chi connectivity index (χ0n) is 18.2. The monoisotopic (exact) mass is 474 g/mol. The van der Waals surface area contributed by atoms with Crippen LogP contribution in [0.3, 0.4) is 0 Å². The number of piperidine rings is 2. The van der Waals surface area contributed by atoms with Crippen molar-refractivity contribution in [3.63, 3.8) is 0 Å². The van der Waals surface area contributed by atoms with E-state index in [1.54, 1.807) is 18.3 Å². The van der Waals surface area contributed by atoms with Gasteiger partial charge in [0.15, 0.2) is 0 Å². The Labute approximate surface area is 192 Å². The number of benzene rings is 1. The molecule has 2 aliphatic rings. The largest absolute Gasteiger partial charge is 0.349 e. The highest BCUT2D eigenvalue weighted by Gasteiger charge is 2.35. The molecule has 2 saturated heterocycles. The Hall–Kier alpha value is -2.85. The minimum Gasteiger partial charge on any atom is -0.349 e. The zero-order chi connectivity index (χ0) is 23.4. The van der Waals surface area contributed by atoms with Crippen molar-refractivity contribution < 1.29 is 22.4 Å². The molecule has 2 aromatic rings. The van der Waals surface area contributed by atoms with Gasteiger partial charge in [0.25, 0.3) is 5.91 Å². The van der Waals surface area contributed by atoms with E-state index >= 15 is 0 Å². The third-order valence-corrected chi connectivity index (χ3v) is 8.23. The molecule has 10 heteroatoms. The quantitative estimate of drug-likeness (QED) is 0.715. The van der Waals surface area contributed by atoms with Gasteiger partial charge >= 0.3 is 0 Å². The number of pyridine rings is 1. The lowest BCUT2D eigenvalue weighted by Crippen LogP contribution is -2.49. The van der Waals surface area contributed by atoms with Crippen LogP contribution < -0.4 is 5.32 Å². The predicted octanol–water partition coefficient (Wildman–Crippen LogP) is 2.04. The second-order valence-electron chi connectivity index (χ2n) is 8.45. The molecule has 1 aromatic heterocycles. The van der Waals surface area contributed by atoms with Crippen molar-refractivity contribution in [3.05, 3.63) is 60.2 Å². The fraction of sp³-hybridized carbons (Fsp3) is 0.435. The fourth-order valence-electron chi connectivity index (χ4n) is 4.37. The van der Waals surface area contributed by atoms with Gasteiger partial charge in [-0.15, -0.1) is 0 Å². The van der Waals surface area contributed by atoms with Gasteiger partial charge in [0.2, 0.25) is 15.9 Å². The Balaban J connectivity index is 1.26. The zero-order valence-corrected chi connectivity index (χ0v) is 19.0. The van der Waals surface area contributed by atoms with Gasteiger partial charge < -0.3 is 10.2 Å². The summed E-state index contributed by atoms with van der Waals surface area (Å²) in [5, 5.41) is 3.00. The average Bonchev–Trinajstić information content (AvgIpc) is 2.85. The van der Waals surface area contributed by atoms with Crippen LogP contribution in [0.2, 0.25) is 0 Å². The molecule has 0 bridgehead atoms. The van der Waals surface area contributed by atoms with Crippen LogP contribution in [0.1, 0.15) is 36.0 Å². The Morgan fingerprint density at radius 3 is 2.24 bits per heavy atom. The molecule has 1 aromatic carbocycles. The molecular weight excluding hydrogens is 447 g/mol. The summed E-state index contributed by atoms with van der Waals surface area (Å²) in [6.45, 7) is 1.64. The molecular formula is C23H27FN4O4S. The molecule has 3 heterocycles. The summed E-state index contributed by atoms with van der Waals surface area (Å²) in [5.74, 6) is -0.821. The van der Waals surface area contributed by atoms with E-state index in [0.29, 0.717) is 44.3 Å². The van der Waals surface area contributed by atoms with Crippen LogP contribution in [0.4, 0.5) is 4.39 Å². The molecule has 0 radical (unpaired) electrons. The van der Waals surface area contributed by atoms with E-state index in [4.69, 9.17) is 0 Å². The van der Waals surface area contributed by atoms with Crippen molar-refractivity contribution in [1.29, 1.82) is 0 Å². The summed E-state index contributed by atoms with van der Waals surface area (Å²) in [4.78, 5) is 31.1. The molecule has 0 atom stereocenters. The van der Waals surface area contributed by atoms with Crippen LogP contribution in [0, 0.1) is 11.7 Å². The van der Waals surface area contributed by atoms with Crippen molar-refractivity contribution in [2.45, 2.75) is 36.6 Å². The van der Waals surface area contributed by atoms with E-state index in [9.17, 15) is 22.4 Å².